The summed E-state index contributed by atoms with van der Waals surface area (Å²) in [6, 6.07) is 8.66. The van der Waals surface area contributed by atoms with Crippen LogP contribution in [0.1, 0.15) is 69.8 Å². The van der Waals surface area contributed by atoms with E-state index >= 15 is 0 Å². The number of cyclic esters (lactones) is 2. The van der Waals surface area contributed by atoms with E-state index in [9.17, 15) is 4.79 Å². The lowest BCUT2D eigenvalue weighted by Crippen LogP contribution is -2.20. The number of carbonyl (C=O) groups is 1. The number of hydrogen-bond donors (Lipinski definition) is 0. The monoisotopic (exact) mass is 522 g/mol. The van der Waals surface area contributed by atoms with E-state index in [1.807, 2.05) is 0 Å². The first-order chi connectivity index (χ1) is 18.2. The van der Waals surface area contributed by atoms with Crippen LogP contribution in [-0.2, 0) is 28.4 Å². The molecule has 2 aliphatic rings. The predicted molar refractivity (Wildman–Crippen MR) is 140 cm³/mol. The molecule has 37 heavy (non-hydrogen) atoms. The van der Waals surface area contributed by atoms with Gasteiger partial charge in [0.15, 0.2) is 6.10 Å². The zero-order valence-electron chi connectivity index (χ0n) is 22.5. The molecule has 0 amide bonds. The maximum absolute atomic E-state index is 10.8. The summed E-state index contributed by atoms with van der Waals surface area (Å²) in [5, 5.41) is 0. The van der Waals surface area contributed by atoms with Gasteiger partial charge in [-0.1, -0.05) is 44.7 Å². The average Bonchev–Trinajstić information content (AvgIpc) is 3.34. The van der Waals surface area contributed by atoms with Crippen LogP contribution >= 0.6 is 0 Å². The second kappa shape index (κ2) is 18.4. The lowest BCUT2D eigenvalue weighted by atomic mass is 9.77. The molecule has 0 bridgehead atoms. The minimum absolute atomic E-state index is 0.245. The number of unbranched alkanes of at least 4 members (excludes halogenated alkanes) is 2. The third-order valence-electron chi connectivity index (χ3n) is 6.98. The van der Waals surface area contributed by atoms with Crippen molar-refractivity contribution in [2.75, 3.05) is 66.1 Å². The summed E-state index contributed by atoms with van der Waals surface area (Å²) in [5.74, 6) is 2.55. The molecule has 3 rings (SSSR count). The third-order valence-corrected chi connectivity index (χ3v) is 6.98. The van der Waals surface area contributed by atoms with Gasteiger partial charge < -0.3 is 33.2 Å². The first-order valence-corrected chi connectivity index (χ1v) is 14.1. The van der Waals surface area contributed by atoms with Crippen molar-refractivity contribution in [1.82, 2.24) is 0 Å². The van der Waals surface area contributed by atoms with Crippen LogP contribution < -0.4 is 4.74 Å². The third kappa shape index (κ3) is 12.5. The van der Waals surface area contributed by atoms with Crippen LogP contribution in [0.15, 0.2) is 24.3 Å². The van der Waals surface area contributed by atoms with E-state index in [0.717, 1.165) is 11.7 Å². The molecule has 1 aliphatic heterocycles. The highest BCUT2D eigenvalue weighted by molar-refractivity contribution is 5.61. The number of ether oxygens (including phenoxy) is 7. The fraction of sp³-hybridized carbons (Fsp3) is 0.759. The topological polar surface area (TPSA) is 81.7 Å². The molecule has 210 valence electrons. The van der Waals surface area contributed by atoms with Crippen molar-refractivity contribution in [1.29, 1.82) is 0 Å². The lowest BCUT2D eigenvalue weighted by Gasteiger charge is -2.29. The van der Waals surface area contributed by atoms with Gasteiger partial charge in [-0.25, -0.2) is 4.79 Å². The van der Waals surface area contributed by atoms with Crippen LogP contribution in [0.5, 0.6) is 5.75 Å². The largest absolute Gasteiger partial charge is 0.508 e. The Hall–Kier alpha value is -1.87. The van der Waals surface area contributed by atoms with Gasteiger partial charge in [0.25, 0.3) is 0 Å². The standard InChI is InChI=1S/C29H46O8/c1-2-3-4-5-24-6-8-25(9-7-24)26-10-12-27(13-11-26)35-21-20-33-17-16-31-14-15-32-18-19-34-22-28-23-36-29(30)37-28/h10-13,24-25,28H,2-9,14-23H2,1H3. The summed E-state index contributed by atoms with van der Waals surface area (Å²) in [6.07, 6.45) is 9.99. The van der Waals surface area contributed by atoms with Crippen molar-refractivity contribution in [3.63, 3.8) is 0 Å². The Bertz CT molecular complexity index is 717. The van der Waals surface area contributed by atoms with Gasteiger partial charge in [0.1, 0.15) is 19.0 Å². The second-order valence-electron chi connectivity index (χ2n) is 9.84. The first kappa shape index (κ1) is 29.7. The Labute approximate surface area is 222 Å². The molecule has 0 aromatic heterocycles. The van der Waals surface area contributed by atoms with Crippen LogP contribution in [-0.4, -0.2) is 78.3 Å². The molecule has 8 nitrogen and oxygen atoms in total. The van der Waals surface area contributed by atoms with Crippen molar-refractivity contribution in [3.8, 4) is 5.75 Å². The van der Waals surface area contributed by atoms with Gasteiger partial charge in [0.05, 0.1) is 52.9 Å². The number of carbonyl (C=O) groups excluding carboxylic acids is 1. The SMILES string of the molecule is CCCCCC1CCC(c2ccc(OCCOCCOCCOCCOCC3COC(=O)O3)cc2)CC1. The summed E-state index contributed by atoms with van der Waals surface area (Å²) < 4.78 is 37.2. The first-order valence-electron chi connectivity index (χ1n) is 14.1. The lowest BCUT2D eigenvalue weighted by molar-refractivity contribution is -0.0147. The average molecular weight is 523 g/mol. The van der Waals surface area contributed by atoms with Crippen LogP contribution in [0.2, 0.25) is 0 Å². The van der Waals surface area contributed by atoms with E-state index in [1.165, 1.54) is 56.9 Å². The molecular weight excluding hydrogens is 476 g/mol. The highest BCUT2D eigenvalue weighted by Gasteiger charge is 2.25. The van der Waals surface area contributed by atoms with Gasteiger partial charge in [-0.05, 0) is 55.2 Å². The summed E-state index contributed by atoms with van der Waals surface area (Å²) >= 11 is 0. The molecule has 8 heteroatoms. The Kier molecular flexibility index (Phi) is 14.8. The second-order valence-corrected chi connectivity index (χ2v) is 9.84. The van der Waals surface area contributed by atoms with Crippen LogP contribution in [0.25, 0.3) is 0 Å². The molecule has 1 saturated carbocycles. The Morgan fingerprint density at radius 3 is 2.00 bits per heavy atom. The Morgan fingerprint density at radius 1 is 0.784 bits per heavy atom. The minimum atomic E-state index is -0.635. The van der Waals surface area contributed by atoms with Crippen molar-refractivity contribution in [2.24, 2.45) is 5.92 Å². The molecule has 1 unspecified atom stereocenters. The summed E-state index contributed by atoms with van der Waals surface area (Å²) in [5.41, 5.74) is 1.45. The molecule has 1 atom stereocenters. The van der Waals surface area contributed by atoms with Crippen molar-refractivity contribution >= 4 is 6.16 Å². The molecule has 2 fully saturated rings. The van der Waals surface area contributed by atoms with E-state index in [4.69, 9.17) is 28.4 Å². The minimum Gasteiger partial charge on any atom is -0.491 e. The smallest absolute Gasteiger partial charge is 0.491 e. The molecule has 0 radical (unpaired) electrons. The van der Waals surface area contributed by atoms with Crippen LogP contribution in [0.4, 0.5) is 4.79 Å². The van der Waals surface area contributed by atoms with Gasteiger partial charge in [0.2, 0.25) is 0 Å². The summed E-state index contributed by atoms with van der Waals surface area (Å²) in [6.45, 7) is 6.82. The molecule has 0 spiro atoms. The zero-order valence-corrected chi connectivity index (χ0v) is 22.5. The van der Waals surface area contributed by atoms with Gasteiger partial charge in [-0.15, -0.1) is 0 Å². The van der Waals surface area contributed by atoms with E-state index in [0.29, 0.717) is 65.4 Å². The normalized spacial score (nSPS) is 21.5. The number of rotatable bonds is 20. The van der Waals surface area contributed by atoms with Gasteiger partial charge >= 0.3 is 6.16 Å². The Morgan fingerprint density at radius 2 is 1.41 bits per heavy atom. The van der Waals surface area contributed by atoms with Crippen molar-refractivity contribution < 1.29 is 38.0 Å². The van der Waals surface area contributed by atoms with Gasteiger partial charge in [-0.3, -0.25) is 0 Å². The highest BCUT2D eigenvalue weighted by Crippen LogP contribution is 2.38. The van der Waals surface area contributed by atoms with Crippen LogP contribution in [0.3, 0.4) is 0 Å². The Balaban J connectivity index is 1.09. The summed E-state index contributed by atoms with van der Waals surface area (Å²) in [4.78, 5) is 10.8. The summed E-state index contributed by atoms with van der Waals surface area (Å²) in [7, 11) is 0. The zero-order chi connectivity index (χ0) is 26.0. The number of hydrogen-bond acceptors (Lipinski definition) is 8. The predicted octanol–water partition coefficient (Wildman–Crippen LogP) is 5.52. The molecule has 1 saturated heterocycles. The quantitative estimate of drug-likeness (QED) is 0.164. The molecule has 0 N–H and O–H groups in total. The van der Waals surface area contributed by atoms with E-state index in [-0.39, 0.29) is 12.7 Å². The number of benzene rings is 1. The maximum Gasteiger partial charge on any atom is 0.508 e. The fourth-order valence-corrected chi connectivity index (χ4v) is 4.84. The molecular formula is C29H46O8. The van der Waals surface area contributed by atoms with E-state index < -0.39 is 6.16 Å². The maximum atomic E-state index is 10.8. The molecule has 1 aromatic carbocycles. The van der Waals surface area contributed by atoms with E-state index in [2.05, 4.69) is 35.9 Å². The highest BCUT2D eigenvalue weighted by atomic mass is 16.8. The van der Waals surface area contributed by atoms with Gasteiger partial charge in [-0.2, -0.15) is 0 Å². The van der Waals surface area contributed by atoms with Crippen LogP contribution in [0, 0.1) is 5.92 Å². The van der Waals surface area contributed by atoms with Gasteiger partial charge in [0, 0.05) is 0 Å². The molecule has 1 aliphatic carbocycles. The van der Waals surface area contributed by atoms with E-state index in [1.54, 1.807) is 0 Å². The fourth-order valence-electron chi connectivity index (χ4n) is 4.84. The van der Waals surface area contributed by atoms with Crippen molar-refractivity contribution in [3.05, 3.63) is 29.8 Å². The molecule has 1 aromatic rings. The molecule has 1 heterocycles. The van der Waals surface area contributed by atoms with Crippen molar-refractivity contribution in [2.45, 2.75) is 70.3 Å².